The average Bonchev–Trinajstić information content (AvgIpc) is 3.05. The molecule has 1 aliphatic carbocycles. The summed E-state index contributed by atoms with van der Waals surface area (Å²) in [5.41, 5.74) is 4.33. The molecular formula is C23H23NO5S. The number of carbonyl (C=O) groups excluding carboxylic acids is 2. The average molecular weight is 426 g/mol. The quantitative estimate of drug-likeness (QED) is 0.417. The van der Waals surface area contributed by atoms with E-state index in [0.29, 0.717) is 0 Å². The van der Waals surface area contributed by atoms with E-state index in [9.17, 15) is 19.5 Å². The van der Waals surface area contributed by atoms with Gasteiger partial charge in [0.1, 0.15) is 12.6 Å². The molecule has 2 aromatic carbocycles. The summed E-state index contributed by atoms with van der Waals surface area (Å²) in [5, 5.41) is 11.3. The number of hydrogen-bond donors (Lipinski definition) is 3. The first-order valence-corrected chi connectivity index (χ1v) is 10.0. The minimum absolute atomic E-state index is 0.0772. The van der Waals surface area contributed by atoms with Crippen LogP contribution < -0.4 is 5.32 Å². The first-order chi connectivity index (χ1) is 14.4. The molecule has 2 aromatic rings. The molecule has 2 N–H and O–H groups in total. The van der Waals surface area contributed by atoms with Crippen LogP contribution in [0.2, 0.25) is 0 Å². The lowest BCUT2D eigenvalue weighted by Crippen LogP contribution is -2.43. The Labute approximate surface area is 180 Å². The van der Waals surface area contributed by atoms with Crippen molar-refractivity contribution in [3.8, 4) is 11.1 Å². The predicted molar refractivity (Wildman–Crippen MR) is 117 cm³/mol. The Morgan fingerprint density at radius 3 is 2.17 bits per heavy atom. The topological polar surface area (TPSA) is 92.7 Å². The molecule has 0 aromatic heterocycles. The number of fused-ring (bicyclic) bond motifs is 3. The van der Waals surface area contributed by atoms with Gasteiger partial charge >= 0.3 is 12.1 Å². The predicted octanol–water partition coefficient (Wildman–Crippen LogP) is 4.02. The Morgan fingerprint density at radius 1 is 1.10 bits per heavy atom. The van der Waals surface area contributed by atoms with Crippen LogP contribution in [0.15, 0.2) is 61.2 Å². The molecule has 0 saturated heterocycles. The highest BCUT2D eigenvalue weighted by atomic mass is 32.1. The fourth-order valence-electron chi connectivity index (χ4n) is 3.79. The summed E-state index contributed by atoms with van der Waals surface area (Å²) >= 11 is 3.79. The fourth-order valence-corrected chi connectivity index (χ4v) is 4.00. The monoisotopic (exact) mass is 425 g/mol. The molecule has 0 spiro atoms. The van der Waals surface area contributed by atoms with E-state index in [1.54, 1.807) is 0 Å². The number of thiol groups is 1. The Kier molecular flexibility index (Phi) is 6.95. The molecule has 0 radical (unpaired) electrons. The van der Waals surface area contributed by atoms with Gasteiger partial charge < -0.3 is 15.2 Å². The third-order valence-electron chi connectivity index (χ3n) is 5.25. The van der Waals surface area contributed by atoms with E-state index in [4.69, 9.17) is 4.74 Å². The number of amides is 1. The number of rotatable bonds is 9. The van der Waals surface area contributed by atoms with Gasteiger partial charge in [0.05, 0.1) is 0 Å². The van der Waals surface area contributed by atoms with Crippen molar-refractivity contribution in [3.05, 3.63) is 72.3 Å². The highest BCUT2D eigenvalue weighted by molar-refractivity contribution is 7.96. The van der Waals surface area contributed by atoms with Crippen LogP contribution in [0, 0.1) is 5.92 Å². The molecule has 0 unspecified atom stereocenters. The molecule has 0 fully saturated rings. The highest BCUT2D eigenvalue weighted by Gasteiger charge is 2.30. The third-order valence-corrected chi connectivity index (χ3v) is 5.62. The van der Waals surface area contributed by atoms with E-state index in [-0.39, 0.29) is 25.4 Å². The van der Waals surface area contributed by atoms with E-state index in [1.165, 1.54) is 6.08 Å². The summed E-state index contributed by atoms with van der Waals surface area (Å²) in [6, 6.07) is 14.6. The van der Waals surface area contributed by atoms with Gasteiger partial charge in [-0.1, -0.05) is 54.6 Å². The molecule has 30 heavy (non-hydrogen) atoms. The van der Waals surface area contributed by atoms with E-state index >= 15 is 0 Å². The summed E-state index contributed by atoms with van der Waals surface area (Å²) < 4.78 is 5.38. The molecule has 0 saturated carbocycles. The van der Waals surface area contributed by atoms with Crippen LogP contribution in [-0.4, -0.2) is 34.9 Å². The van der Waals surface area contributed by atoms with Crippen LogP contribution in [0.4, 0.5) is 4.79 Å². The standard InChI is InChI=1S/C23H23NO5S/c1-2-7-14(22(27)30)12-20(21(25)26)24-23(28)29-13-19-17-10-5-3-8-15(17)16-9-4-6-11-18(16)19/h2-6,8-11,14,19-20H,1,7,12-13H2,(H,24,28)(H,25,26)(H,27,30)/t14-,20+/m1/s1. The van der Waals surface area contributed by atoms with Crippen molar-refractivity contribution in [2.24, 2.45) is 5.92 Å². The Balaban J connectivity index is 1.67. The SMILES string of the molecule is C=CC[C@H](C[C@H](NC(=O)OCC1c2ccccc2-c2ccccc21)C(=O)O)C(=O)S. The first kappa shape index (κ1) is 21.6. The molecule has 3 rings (SSSR count). The van der Waals surface area contributed by atoms with E-state index in [1.807, 2.05) is 48.5 Å². The normalized spacial score (nSPS) is 14.2. The van der Waals surface area contributed by atoms with Gasteiger partial charge in [-0.15, -0.1) is 19.2 Å². The molecule has 2 atom stereocenters. The lowest BCUT2D eigenvalue weighted by molar-refractivity contribution is -0.139. The Bertz CT molecular complexity index is 928. The van der Waals surface area contributed by atoms with Gasteiger partial charge in [-0.05, 0) is 35.1 Å². The second-order valence-corrected chi connectivity index (χ2v) is 7.60. The molecule has 1 amide bonds. The van der Waals surface area contributed by atoms with Crippen molar-refractivity contribution < 1.29 is 24.2 Å². The minimum atomic E-state index is -1.26. The number of carboxylic acids is 1. The zero-order valence-corrected chi connectivity index (χ0v) is 17.2. The zero-order chi connectivity index (χ0) is 21.7. The smallest absolute Gasteiger partial charge is 0.407 e. The number of benzene rings is 2. The number of allylic oxidation sites excluding steroid dienone is 1. The number of ether oxygens (including phenoxy) is 1. The van der Waals surface area contributed by atoms with E-state index in [0.717, 1.165) is 22.3 Å². The molecule has 0 heterocycles. The van der Waals surface area contributed by atoms with Gasteiger partial charge in [-0.3, -0.25) is 4.79 Å². The number of carboxylic acid groups (broad SMARTS) is 1. The number of aliphatic carboxylic acids is 1. The van der Waals surface area contributed by atoms with Gasteiger partial charge in [0.2, 0.25) is 0 Å². The van der Waals surface area contributed by atoms with Crippen LogP contribution in [0.3, 0.4) is 0 Å². The van der Waals surface area contributed by atoms with Crippen molar-refractivity contribution >= 4 is 29.8 Å². The maximum Gasteiger partial charge on any atom is 0.407 e. The largest absolute Gasteiger partial charge is 0.480 e. The van der Waals surface area contributed by atoms with Gasteiger partial charge in [0.15, 0.2) is 5.12 Å². The second kappa shape index (κ2) is 9.63. The number of alkyl carbamates (subject to hydrolysis) is 1. The Hall–Kier alpha value is -3.06. The molecule has 1 aliphatic rings. The fraction of sp³-hybridized carbons (Fsp3) is 0.261. The summed E-state index contributed by atoms with van der Waals surface area (Å²) in [4.78, 5) is 35.5. The number of nitrogens with one attached hydrogen (secondary N) is 1. The summed E-state index contributed by atoms with van der Waals surface area (Å²) in [5.74, 6) is -2.02. The van der Waals surface area contributed by atoms with Crippen LogP contribution in [0.25, 0.3) is 11.1 Å². The molecule has 0 aliphatic heterocycles. The van der Waals surface area contributed by atoms with Gasteiger partial charge in [-0.25, -0.2) is 9.59 Å². The summed E-state index contributed by atoms with van der Waals surface area (Å²) in [7, 11) is 0. The zero-order valence-electron chi connectivity index (χ0n) is 16.3. The molecule has 7 heteroatoms. The van der Waals surface area contributed by atoms with Gasteiger partial charge in [-0.2, -0.15) is 0 Å². The summed E-state index contributed by atoms with van der Waals surface area (Å²) in [6.07, 6.45) is 0.866. The van der Waals surface area contributed by atoms with E-state index in [2.05, 4.69) is 24.5 Å². The van der Waals surface area contributed by atoms with E-state index < -0.39 is 29.1 Å². The van der Waals surface area contributed by atoms with Crippen molar-refractivity contribution in [2.45, 2.75) is 24.8 Å². The van der Waals surface area contributed by atoms with Crippen LogP contribution >= 0.6 is 12.6 Å². The van der Waals surface area contributed by atoms with Crippen molar-refractivity contribution in [1.82, 2.24) is 5.32 Å². The molecule has 156 valence electrons. The van der Waals surface area contributed by atoms with Gasteiger partial charge in [0, 0.05) is 11.8 Å². The first-order valence-electron chi connectivity index (χ1n) is 9.60. The maximum atomic E-state index is 12.3. The molecule has 6 nitrogen and oxygen atoms in total. The van der Waals surface area contributed by atoms with Crippen LogP contribution in [-0.2, 0) is 14.3 Å². The van der Waals surface area contributed by atoms with Crippen molar-refractivity contribution in [1.29, 1.82) is 0 Å². The third kappa shape index (κ3) is 4.74. The number of carbonyl (C=O) groups is 3. The highest BCUT2D eigenvalue weighted by Crippen LogP contribution is 2.44. The molecular weight excluding hydrogens is 402 g/mol. The Morgan fingerprint density at radius 2 is 1.67 bits per heavy atom. The van der Waals surface area contributed by atoms with Gasteiger partial charge in [0.25, 0.3) is 0 Å². The van der Waals surface area contributed by atoms with Crippen LogP contribution in [0.5, 0.6) is 0 Å². The molecule has 0 bridgehead atoms. The maximum absolute atomic E-state index is 12.3. The van der Waals surface area contributed by atoms with Crippen LogP contribution in [0.1, 0.15) is 29.9 Å². The summed E-state index contributed by atoms with van der Waals surface area (Å²) in [6.45, 7) is 3.64. The lowest BCUT2D eigenvalue weighted by Gasteiger charge is -2.20. The second-order valence-electron chi connectivity index (χ2n) is 7.16. The minimum Gasteiger partial charge on any atom is -0.480 e. The van der Waals surface area contributed by atoms with Crippen molar-refractivity contribution in [2.75, 3.05) is 6.61 Å². The van der Waals surface area contributed by atoms with Crippen molar-refractivity contribution in [3.63, 3.8) is 0 Å². The number of hydrogen-bond acceptors (Lipinski definition) is 4. The lowest BCUT2D eigenvalue weighted by atomic mass is 9.97.